The van der Waals surface area contributed by atoms with Crippen LogP contribution in [0.5, 0.6) is 0 Å². The van der Waals surface area contributed by atoms with Crippen molar-refractivity contribution < 1.29 is 9.66 Å². The van der Waals surface area contributed by atoms with Gasteiger partial charge in [-0.15, -0.1) is 0 Å². The molecule has 1 heterocycles. The summed E-state index contributed by atoms with van der Waals surface area (Å²) in [5, 5.41) is 11.0. The number of ether oxygens (including phenoxy) is 1. The third kappa shape index (κ3) is 4.04. The highest BCUT2D eigenvalue weighted by atomic mass is 16.6. The van der Waals surface area contributed by atoms with Gasteiger partial charge in [0.2, 0.25) is 5.82 Å². The molecular formula is C11H19N5O3. The first-order valence-electron chi connectivity index (χ1n) is 6.08. The van der Waals surface area contributed by atoms with Gasteiger partial charge < -0.3 is 15.1 Å². The highest BCUT2D eigenvalue weighted by Crippen LogP contribution is 2.27. The van der Waals surface area contributed by atoms with Crippen molar-refractivity contribution in [1.82, 2.24) is 4.98 Å². The number of nitrogens with zero attached hydrogens (tertiary/aromatic N) is 3. The van der Waals surface area contributed by atoms with E-state index in [4.69, 9.17) is 10.6 Å². The predicted molar refractivity (Wildman–Crippen MR) is 73.1 cm³/mol. The summed E-state index contributed by atoms with van der Waals surface area (Å²) in [6, 6.07) is 2.86. The molecule has 3 N–H and O–H groups in total. The number of pyridine rings is 1. The first-order chi connectivity index (χ1) is 9.13. The maximum atomic E-state index is 11.0. The second-order valence-corrected chi connectivity index (χ2v) is 3.72. The molecule has 106 valence electrons. The smallest absolute Gasteiger partial charge is 0.311 e. The first-order valence-corrected chi connectivity index (χ1v) is 6.08. The predicted octanol–water partition coefficient (Wildman–Crippen LogP) is 1.14. The molecule has 0 bridgehead atoms. The van der Waals surface area contributed by atoms with Gasteiger partial charge in [-0.2, -0.15) is 0 Å². The number of anilines is 2. The van der Waals surface area contributed by atoms with Crippen molar-refractivity contribution in [3.05, 3.63) is 22.2 Å². The summed E-state index contributed by atoms with van der Waals surface area (Å²) in [6.07, 6.45) is 0. The number of hydrogen-bond acceptors (Lipinski definition) is 7. The third-order valence-electron chi connectivity index (χ3n) is 2.59. The lowest BCUT2D eigenvalue weighted by molar-refractivity contribution is -0.384. The van der Waals surface area contributed by atoms with E-state index in [2.05, 4.69) is 10.4 Å². The van der Waals surface area contributed by atoms with Crippen molar-refractivity contribution >= 4 is 17.3 Å². The number of nitrogen functional groups attached to an aromatic ring is 1. The largest absolute Gasteiger partial charge is 0.380 e. The van der Waals surface area contributed by atoms with Gasteiger partial charge >= 0.3 is 5.69 Å². The molecule has 0 aliphatic rings. The minimum atomic E-state index is -0.452. The van der Waals surface area contributed by atoms with Gasteiger partial charge in [-0.3, -0.25) is 10.1 Å². The van der Waals surface area contributed by atoms with E-state index in [9.17, 15) is 10.1 Å². The number of likely N-dealkylation sites (N-methyl/N-ethyl adjacent to an activating group) is 1. The van der Waals surface area contributed by atoms with E-state index in [0.29, 0.717) is 37.9 Å². The zero-order valence-corrected chi connectivity index (χ0v) is 11.1. The standard InChI is InChI=1S/C11H19N5O3/c1-3-15(7-8-19-4-2)11-9(16(17)18)5-6-10(13-11)14-12/h5-6H,3-4,7-8,12H2,1-2H3,(H,13,14). The van der Waals surface area contributed by atoms with Crippen molar-refractivity contribution in [3.63, 3.8) is 0 Å². The Hall–Kier alpha value is -1.93. The van der Waals surface area contributed by atoms with E-state index in [-0.39, 0.29) is 5.69 Å². The Kier molecular flexibility index (Phi) is 5.97. The fourth-order valence-corrected chi connectivity index (χ4v) is 1.63. The Bertz CT molecular complexity index is 427. The van der Waals surface area contributed by atoms with Crippen LogP contribution in [0, 0.1) is 10.1 Å². The van der Waals surface area contributed by atoms with Crippen LogP contribution in [0.25, 0.3) is 0 Å². The van der Waals surface area contributed by atoms with Gasteiger partial charge in [-0.25, -0.2) is 10.8 Å². The molecule has 0 aliphatic heterocycles. The summed E-state index contributed by atoms with van der Waals surface area (Å²) in [7, 11) is 0. The van der Waals surface area contributed by atoms with E-state index < -0.39 is 4.92 Å². The lowest BCUT2D eigenvalue weighted by atomic mass is 10.3. The SMILES string of the molecule is CCOCCN(CC)c1nc(NN)ccc1[N+](=O)[O-]. The Labute approximate surface area is 111 Å². The zero-order valence-electron chi connectivity index (χ0n) is 11.1. The number of hydrazine groups is 1. The van der Waals surface area contributed by atoms with Crippen molar-refractivity contribution in [1.29, 1.82) is 0 Å². The molecule has 1 aromatic heterocycles. The van der Waals surface area contributed by atoms with Crippen LogP contribution in [0.2, 0.25) is 0 Å². The molecule has 19 heavy (non-hydrogen) atoms. The average molecular weight is 269 g/mol. The molecule has 0 saturated carbocycles. The zero-order chi connectivity index (χ0) is 14.3. The van der Waals surface area contributed by atoms with Crippen LogP contribution >= 0.6 is 0 Å². The fraction of sp³-hybridized carbons (Fsp3) is 0.545. The van der Waals surface area contributed by atoms with Gasteiger partial charge in [0, 0.05) is 25.8 Å². The lowest BCUT2D eigenvalue weighted by Gasteiger charge is -2.21. The monoisotopic (exact) mass is 269 g/mol. The highest BCUT2D eigenvalue weighted by molar-refractivity contribution is 5.61. The Morgan fingerprint density at radius 2 is 2.26 bits per heavy atom. The molecule has 0 atom stereocenters. The van der Waals surface area contributed by atoms with Gasteiger partial charge in [0.25, 0.3) is 0 Å². The number of nitro groups is 1. The molecule has 0 aromatic carbocycles. The second-order valence-electron chi connectivity index (χ2n) is 3.72. The molecule has 0 amide bonds. The maximum absolute atomic E-state index is 11.0. The Morgan fingerprint density at radius 1 is 1.53 bits per heavy atom. The fourth-order valence-electron chi connectivity index (χ4n) is 1.63. The number of aromatic nitrogens is 1. The lowest BCUT2D eigenvalue weighted by Crippen LogP contribution is -2.29. The Morgan fingerprint density at radius 3 is 2.79 bits per heavy atom. The molecular weight excluding hydrogens is 250 g/mol. The van der Waals surface area contributed by atoms with Gasteiger partial charge in [0.1, 0.15) is 5.82 Å². The molecule has 0 radical (unpaired) electrons. The molecule has 1 aromatic rings. The van der Waals surface area contributed by atoms with Crippen LogP contribution in [0.3, 0.4) is 0 Å². The van der Waals surface area contributed by atoms with E-state index in [1.165, 1.54) is 12.1 Å². The number of rotatable bonds is 8. The minimum absolute atomic E-state index is 0.0441. The van der Waals surface area contributed by atoms with Crippen LogP contribution in [0.15, 0.2) is 12.1 Å². The summed E-state index contributed by atoms with van der Waals surface area (Å²) >= 11 is 0. The molecule has 0 fully saturated rings. The van der Waals surface area contributed by atoms with Crippen LogP contribution < -0.4 is 16.2 Å². The maximum Gasteiger partial charge on any atom is 0.311 e. The Balaban J connectivity index is 3.01. The molecule has 1 rings (SSSR count). The molecule has 0 aliphatic carbocycles. The van der Waals surface area contributed by atoms with Gasteiger partial charge in [0.15, 0.2) is 0 Å². The van der Waals surface area contributed by atoms with Crippen molar-refractivity contribution in [2.45, 2.75) is 13.8 Å². The van der Waals surface area contributed by atoms with Crippen LogP contribution in [0.4, 0.5) is 17.3 Å². The van der Waals surface area contributed by atoms with E-state index in [1.54, 1.807) is 4.90 Å². The van der Waals surface area contributed by atoms with Crippen molar-refractivity contribution in [2.75, 3.05) is 36.6 Å². The summed E-state index contributed by atoms with van der Waals surface area (Å²) in [5.41, 5.74) is 2.34. The molecule has 0 unspecified atom stereocenters. The normalized spacial score (nSPS) is 10.3. The van der Waals surface area contributed by atoms with Crippen LogP contribution in [0.1, 0.15) is 13.8 Å². The van der Waals surface area contributed by atoms with Crippen molar-refractivity contribution in [3.8, 4) is 0 Å². The van der Waals surface area contributed by atoms with Crippen LogP contribution in [-0.4, -0.2) is 36.2 Å². The minimum Gasteiger partial charge on any atom is -0.380 e. The summed E-state index contributed by atoms with van der Waals surface area (Å²) < 4.78 is 5.26. The van der Waals surface area contributed by atoms with Gasteiger partial charge in [0.05, 0.1) is 11.5 Å². The van der Waals surface area contributed by atoms with E-state index in [1.807, 2.05) is 13.8 Å². The first kappa shape index (κ1) is 15.1. The summed E-state index contributed by atoms with van der Waals surface area (Å²) in [6.45, 7) is 6.03. The molecule has 8 nitrogen and oxygen atoms in total. The van der Waals surface area contributed by atoms with E-state index >= 15 is 0 Å². The third-order valence-corrected chi connectivity index (χ3v) is 2.59. The molecule has 8 heteroatoms. The van der Waals surface area contributed by atoms with Crippen molar-refractivity contribution in [2.24, 2.45) is 5.84 Å². The van der Waals surface area contributed by atoms with Crippen LogP contribution in [-0.2, 0) is 4.74 Å². The number of nitrogens with two attached hydrogens (primary N) is 1. The second kappa shape index (κ2) is 7.49. The molecule has 0 saturated heterocycles. The topological polar surface area (TPSA) is 107 Å². The summed E-state index contributed by atoms with van der Waals surface area (Å²) in [5.74, 6) is 5.96. The quantitative estimate of drug-likeness (QED) is 0.315. The highest BCUT2D eigenvalue weighted by Gasteiger charge is 2.20. The number of nitrogens with one attached hydrogen (secondary N) is 1. The summed E-state index contributed by atoms with van der Waals surface area (Å²) in [4.78, 5) is 16.5. The van der Waals surface area contributed by atoms with E-state index in [0.717, 1.165) is 0 Å². The van der Waals surface area contributed by atoms with Gasteiger partial charge in [-0.1, -0.05) is 0 Å². The number of hydrogen-bond donors (Lipinski definition) is 2. The van der Waals surface area contributed by atoms with Gasteiger partial charge in [-0.05, 0) is 19.9 Å². The average Bonchev–Trinajstić information content (AvgIpc) is 2.43. The molecule has 0 spiro atoms.